The van der Waals surface area contributed by atoms with Gasteiger partial charge in [-0.3, -0.25) is 4.79 Å². The monoisotopic (exact) mass is 410 g/mol. The van der Waals surface area contributed by atoms with Crippen LogP contribution in [0.15, 0.2) is 51.8 Å². The van der Waals surface area contributed by atoms with Gasteiger partial charge < -0.3 is 5.32 Å². The van der Waals surface area contributed by atoms with Gasteiger partial charge in [-0.15, -0.1) is 0 Å². The van der Waals surface area contributed by atoms with E-state index in [1.165, 1.54) is 19.2 Å². The Morgan fingerprint density at radius 3 is 2.46 bits per heavy atom. The molecule has 0 saturated heterocycles. The van der Waals surface area contributed by atoms with Crippen LogP contribution in [0, 0.1) is 6.92 Å². The summed E-state index contributed by atoms with van der Waals surface area (Å²) in [5.41, 5.74) is 2.00. The first-order chi connectivity index (χ1) is 11.3. The maximum absolute atomic E-state index is 12.6. The second kappa shape index (κ2) is 7.46. The summed E-state index contributed by atoms with van der Waals surface area (Å²) in [5.74, 6) is -0.316. The number of hydrogen-bond donors (Lipinski definition) is 2. The van der Waals surface area contributed by atoms with Gasteiger partial charge in [0.15, 0.2) is 0 Å². The van der Waals surface area contributed by atoms with Crippen LogP contribution in [0.4, 0.5) is 0 Å². The molecule has 0 radical (unpaired) electrons. The van der Waals surface area contributed by atoms with Crippen molar-refractivity contribution in [1.29, 1.82) is 0 Å². The fourth-order valence-corrected chi connectivity index (χ4v) is 3.69. The standard InChI is InChI=1S/C17H19BrN2O3S/c1-11-8-9-13(24(22,23)19-3)10-15(11)17(21)20-12(2)14-6-4-5-7-16(14)18/h4-10,12,19H,1-3H3,(H,20,21). The molecule has 24 heavy (non-hydrogen) atoms. The Hall–Kier alpha value is -1.70. The maximum Gasteiger partial charge on any atom is 0.252 e. The maximum atomic E-state index is 12.6. The summed E-state index contributed by atoms with van der Waals surface area (Å²) < 4.78 is 27.0. The summed E-state index contributed by atoms with van der Waals surface area (Å²) in [5, 5.41) is 2.91. The molecule has 2 aromatic rings. The van der Waals surface area contributed by atoms with Crippen molar-refractivity contribution >= 4 is 31.9 Å². The predicted octanol–water partition coefficient (Wildman–Crippen LogP) is 3.16. The molecule has 2 aromatic carbocycles. The number of sulfonamides is 1. The van der Waals surface area contributed by atoms with Gasteiger partial charge in [0.1, 0.15) is 0 Å². The number of benzene rings is 2. The highest BCUT2D eigenvalue weighted by Gasteiger charge is 2.18. The highest BCUT2D eigenvalue weighted by Crippen LogP contribution is 2.23. The molecular formula is C17H19BrN2O3S. The number of amides is 1. The second-order valence-corrected chi connectivity index (χ2v) is 8.14. The van der Waals surface area contributed by atoms with Gasteiger partial charge in [0.05, 0.1) is 10.9 Å². The van der Waals surface area contributed by atoms with E-state index < -0.39 is 10.0 Å². The van der Waals surface area contributed by atoms with E-state index in [0.29, 0.717) is 11.1 Å². The lowest BCUT2D eigenvalue weighted by Gasteiger charge is -2.17. The Bertz CT molecular complexity index is 866. The smallest absolute Gasteiger partial charge is 0.252 e. The van der Waals surface area contributed by atoms with Gasteiger partial charge in [0.2, 0.25) is 10.0 Å². The minimum Gasteiger partial charge on any atom is -0.345 e. The SMILES string of the molecule is CNS(=O)(=O)c1ccc(C)c(C(=O)NC(C)c2ccccc2Br)c1. The van der Waals surface area contributed by atoms with E-state index in [4.69, 9.17) is 0 Å². The molecule has 0 heterocycles. The highest BCUT2D eigenvalue weighted by atomic mass is 79.9. The van der Waals surface area contributed by atoms with Crippen LogP contribution in [-0.2, 0) is 10.0 Å². The van der Waals surface area contributed by atoms with Gasteiger partial charge in [-0.2, -0.15) is 0 Å². The lowest BCUT2D eigenvalue weighted by atomic mass is 10.1. The summed E-state index contributed by atoms with van der Waals surface area (Å²) in [6.07, 6.45) is 0. The Kier molecular flexibility index (Phi) is 5.79. The molecule has 0 spiro atoms. The molecule has 2 N–H and O–H groups in total. The summed E-state index contributed by atoms with van der Waals surface area (Å²) >= 11 is 3.47. The van der Waals surface area contributed by atoms with E-state index in [-0.39, 0.29) is 16.8 Å². The first-order valence-corrected chi connectivity index (χ1v) is 9.63. The Balaban J connectivity index is 2.30. The summed E-state index contributed by atoms with van der Waals surface area (Å²) in [4.78, 5) is 12.7. The van der Waals surface area contributed by atoms with Crippen molar-refractivity contribution in [3.63, 3.8) is 0 Å². The van der Waals surface area contributed by atoms with Gasteiger partial charge in [-0.1, -0.05) is 40.2 Å². The van der Waals surface area contributed by atoms with Crippen LogP contribution in [0.2, 0.25) is 0 Å². The zero-order valence-corrected chi connectivity index (χ0v) is 16.0. The van der Waals surface area contributed by atoms with E-state index in [2.05, 4.69) is 26.0 Å². The molecule has 5 nitrogen and oxygen atoms in total. The molecule has 7 heteroatoms. The minimum atomic E-state index is -3.60. The van der Waals surface area contributed by atoms with Crippen molar-refractivity contribution < 1.29 is 13.2 Å². The van der Waals surface area contributed by atoms with Gasteiger partial charge >= 0.3 is 0 Å². The number of hydrogen-bond acceptors (Lipinski definition) is 3. The molecular weight excluding hydrogens is 392 g/mol. The van der Waals surface area contributed by atoms with Crippen molar-refractivity contribution in [3.8, 4) is 0 Å². The van der Waals surface area contributed by atoms with Crippen LogP contribution in [0.1, 0.15) is 34.5 Å². The van der Waals surface area contributed by atoms with E-state index in [1.54, 1.807) is 13.0 Å². The summed E-state index contributed by atoms with van der Waals surface area (Å²) in [7, 11) is -2.26. The number of aryl methyl sites for hydroxylation is 1. The van der Waals surface area contributed by atoms with Gasteiger partial charge in [0, 0.05) is 10.0 Å². The zero-order chi connectivity index (χ0) is 17.9. The van der Waals surface area contributed by atoms with Crippen LogP contribution in [0.5, 0.6) is 0 Å². The summed E-state index contributed by atoms with van der Waals surface area (Å²) in [6.45, 7) is 3.65. The van der Waals surface area contributed by atoms with Gasteiger partial charge in [-0.05, 0) is 50.2 Å². The third kappa shape index (κ3) is 4.03. The summed E-state index contributed by atoms with van der Waals surface area (Å²) in [6, 6.07) is 11.9. The molecule has 0 bridgehead atoms. The fraction of sp³-hybridized carbons (Fsp3) is 0.235. The molecule has 0 aromatic heterocycles. The van der Waals surface area contributed by atoms with Crippen molar-refractivity contribution in [2.75, 3.05) is 7.05 Å². The van der Waals surface area contributed by atoms with Crippen molar-refractivity contribution in [1.82, 2.24) is 10.0 Å². The third-order valence-corrected chi connectivity index (χ3v) is 5.89. The number of carbonyl (C=O) groups is 1. The van der Waals surface area contributed by atoms with Crippen LogP contribution >= 0.6 is 15.9 Å². The first kappa shape index (κ1) is 18.6. The first-order valence-electron chi connectivity index (χ1n) is 7.35. The molecule has 0 fully saturated rings. The third-order valence-electron chi connectivity index (χ3n) is 3.75. The van der Waals surface area contributed by atoms with Crippen molar-refractivity contribution in [2.45, 2.75) is 24.8 Å². The van der Waals surface area contributed by atoms with Crippen LogP contribution in [-0.4, -0.2) is 21.4 Å². The van der Waals surface area contributed by atoms with E-state index in [9.17, 15) is 13.2 Å². The zero-order valence-electron chi connectivity index (χ0n) is 13.6. The number of carbonyl (C=O) groups excluding carboxylic acids is 1. The van der Waals surface area contributed by atoms with Gasteiger partial charge in [0.25, 0.3) is 5.91 Å². The lowest BCUT2D eigenvalue weighted by molar-refractivity contribution is 0.0939. The Labute approximate surface area is 150 Å². The van der Waals surface area contributed by atoms with Crippen LogP contribution in [0.3, 0.4) is 0 Å². The fourth-order valence-electron chi connectivity index (χ4n) is 2.31. The molecule has 2 rings (SSSR count). The van der Waals surface area contributed by atoms with Crippen LogP contribution in [0.25, 0.3) is 0 Å². The molecule has 0 aliphatic carbocycles. The van der Waals surface area contributed by atoms with Gasteiger partial charge in [-0.25, -0.2) is 13.1 Å². The van der Waals surface area contributed by atoms with E-state index in [0.717, 1.165) is 10.0 Å². The highest BCUT2D eigenvalue weighted by molar-refractivity contribution is 9.10. The molecule has 128 valence electrons. The Morgan fingerprint density at radius 2 is 1.83 bits per heavy atom. The topological polar surface area (TPSA) is 75.3 Å². The number of nitrogens with one attached hydrogen (secondary N) is 2. The normalized spacial score (nSPS) is 12.7. The predicted molar refractivity (Wildman–Crippen MR) is 97.4 cm³/mol. The van der Waals surface area contributed by atoms with Crippen molar-refractivity contribution in [3.05, 3.63) is 63.6 Å². The molecule has 0 saturated carbocycles. The molecule has 0 aliphatic rings. The van der Waals surface area contributed by atoms with E-state index in [1.807, 2.05) is 31.2 Å². The number of halogens is 1. The Morgan fingerprint density at radius 1 is 1.17 bits per heavy atom. The molecule has 1 unspecified atom stereocenters. The van der Waals surface area contributed by atoms with Crippen LogP contribution < -0.4 is 10.0 Å². The quantitative estimate of drug-likeness (QED) is 0.794. The second-order valence-electron chi connectivity index (χ2n) is 5.40. The minimum absolute atomic E-state index is 0.0642. The average molecular weight is 411 g/mol. The largest absolute Gasteiger partial charge is 0.345 e. The van der Waals surface area contributed by atoms with Crippen molar-refractivity contribution in [2.24, 2.45) is 0 Å². The molecule has 0 aliphatic heterocycles. The lowest BCUT2D eigenvalue weighted by Crippen LogP contribution is -2.28. The average Bonchev–Trinajstić information content (AvgIpc) is 2.55. The number of rotatable bonds is 5. The van der Waals surface area contributed by atoms with E-state index >= 15 is 0 Å². The molecule has 1 amide bonds. The molecule has 1 atom stereocenters.